The average Bonchev–Trinajstić information content (AvgIpc) is 2.93. The molecule has 1 unspecified atom stereocenters. The number of aldehydes is 1. The van der Waals surface area contributed by atoms with Crippen LogP contribution in [0.5, 0.6) is 0 Å². The first-order valence-electron chi connectivity index (χ1n) is 6.94. The van der Waals surface area contributed by atoms with Crippen LogP contribution in [0.4, 0.5) is 0 Å². The molecule has 1 aromatic rings. The molecular weight excluding hydrogens is 290 g/mol. The van der Waals surface area contributed by atoms with Crippen molar-refractivity contribution in [2.24, 2.45) is 5.73 Å². The Hall–Kier alpha value is -1.43. The highest BCUT2D eigenvalue weighted by Gasteiger charge is 2.27. The molecule has 0 aromatic heterocycles. The predicted octanol–water partition coefficient (Wildman–Crippen LogP) is 1.19. The Morgan fingerprint density at radius 3 is 2.57 bits per heavy atom. The molecule has 1 atom stereocenters. The summed E-state index contributed by atoms with van der Waals surface area (Å²) in [7, 11) is 2.00. The third-order valence-electron chi connectivity index (χ3n) is 3.30. The van der Waals surface area contributed by atoms with Crippen molar-refractivity contribution in [1.29, 1.82) is 0 Å². The van der Waals surface area contributed by atoms with Gasteiger partial charge in [0.05, 0.1) is 6.04 Å². The zero-order chi connectivity index (χ0) is 15.7. The Balaban J connectivity index is 0.000000491. The number of halogens is 1. The fourth-order valence-electron chi connectivity index (χ4n) is 2.15. The Bertz CT molecular complexity index is 451. The van der Waals surface area contributed by atoms with Crippen molar-refractivity contribution in [3.63, 3.8) is 0 Å². The van der Waals surface area contributed by atoms with E-state index in [4.69, 9.17) is 16.4 Å². The van der Waals surface area contributed by atoms with Gasteiger partial charge in [-0.3, -0.25) is 9.69 Å². The van der Waals surface area contributed by atoms with Gasteiger partial charge < -0.3 is 15.8 Å². The molecule has 0 bridgehead atoms. The SMILES string of the molecule is CN1CCCC1C(=O)NCc1ccc(Cl)cc1.NCC=O. The number of carbonyl (C=O) groups is 2. The largest absolute Gasteiger partial charge is 0.351 e. The number of nitrogens with two attached hydrogens (primary N) is 1. The summed E-state index contributed by atoms with van der Waals surface area (Å²) in [6.07, 6.45) is 2.72. The number of nitrogens with one attached hydrogen (secondary N) is 1. The quantitative estimate of drug-likeness (QED) is 0.819. The summed E-state index contributed by atoms with van der Waals surface area (Å²) in [5.74, 6) is 0.125. The topological polar surface area (TPSA) is 75.4 Å². The van der Waals surface area contributed by atoms with Crippen molar-refractivity contribution in [2.45, 2.75) is 25.4 Å². The van der Waals surface area contributed by atoms with Gasteiger partial charge in [-0.1, -0.05) is 23.7 Å². The van der Waals surface area contributed by atoms with Crippen molar-refractivity contribution >= 4 is 23.8 Å². The molecule has 6 heteroatoms. The molecule has 1 amide bonds. The molecule has 3 N–H and O–H groups in total. The van der Waals surface area contributed by atoms with E-state index in [9.17, 15) is 4.79 Å². The van der Waals surface area contributed by atoms with E-state index in [1.807, 2.05) is 31.3 Å². The second kappa shape index (κ2) is 9.50. The summed E-state index contributed by atoms with van der Waals surface area (Å²) >= 11 is 5.80. The molecule has 0 saturated carbocycles. The number of rotatable bonds is 4. The van der Waals surface area contributed by atoms with Gasteiger partial charge in [0.15, 0.2) is 0 Å². The molecule has 5 nitrogen and oxygen atoms in total. The van der Waals surface area contributed by atoms with E-state index in [0.717, 1.165) is 30.0 Å². The molecule has 2 rings (SSSR count). The number of likely N-dealkylation sites (tertiary alicyclic amines) is 1. The Morgan fingerprint density at radius 1 is 1.48 bits per heavy atom. The molecule has 1 fully saturated rings. The van der Waals surface area contributed by atoms with Gasteiger partial charge >= 0.3 is 0 Å². The van der Waals surface area contributed by atoms with Crippen LogP contribution in [-0.2, 0) is 16.1 Å². The van der Waals surface area contributed by atoms with Crippen molar-refractivity contribution in [3.05, 3.63) is 34.9 Å². The zero-order valence-electron chi connectivity index (χ0n) is 12.2. The Labute approximate surface area is 130 Å². The molecule has 1 saturated heterocycles. The lowest BCUT2D eigenvalue weighted by atomic mass is 10.2. The summed E-state index contributed by atoms with van der Waals surface area (Å²) in [5, 5.41) is 3.69. The van der Waals surface area contributed by atoms with Crippen molar-refractivity contribution in [3.8, 4) is 0 Å². The lowest BCUT2D eigenvalue weighted by molar-refractivity contribution is -0.125. The fraction of sp³-hybridized carbons (Fsp3) is 0.467. The molecule has 1 heterocycles. The third-order valence-corrected chi connectivity index (χ3v) is 3.55. The second-order valence-corrected chi connectivity index (χ2v) is 5.32. The van der Waals surface area contributed by atoms with E-state index in [2.05, 4.69) is 16.0 Å². The number of carbonyl (C=O) groups excluding carboxylic acids is 2. The standard InChI is InChI=1S/C13H17ClN2O.C2H5NO/c1-16-8-2-3-12(16)13(17)15-9-10-4-6-11(14)7-5-10;3-1-2-4/h4-7,12H,2-3,8-9H2,1H3,(H,15,17);2H,1,3H2. The molecule has 0 radical (unpaired) electrons. The Morgan fingerprint density at radius 2 is 2.10 bits per heavy atom. The van der Waals surface area contributed by atoms with E-state index in [0.29, 0.717) is 12.8 Å². The third kappa shape index (κ3) is 6.25. The van der Waals surface area contributed by atoms with Crippen LogP contribution in [0.25, 0.3) is 0 Å². The first kappa shape index (κ1) is 17.6. The zero-order valence-corrected chi connectivity index (χ0v) is 13.0. The summed E-state index contributed by atoms with van der Waals surface area (Å²) < 4.78 is 0. The van der Waals surface area contributed by atoms with Crippen LogP contribution in [0.15, 0.2) is 24.3 Å². The van der Waals surface area contributed by atoms with Crippen LogP contribution in [-0.4, -0.2) is 43.3 Å². The van der Waals surface area contributed by atoms with Gasteiger partial charge in [-0.25, -0.2) is 0 Å². The minimum Gasteiger partial charge on any atom is -0.351 e. The highest BCUT2D eigenvalue weighted by atomic mass is 35.5. The molecule has 21 heavy (non-hydrogen) atoms. The van der Waals surface area contributed by atoms with E-state index >= 15 is 0 Å². The van der Waals surface area contributed by atoms with E-state index < -0.39 is 0 Å². The van der Waals surface area contributed by atoms with Gasteiger partial charge in [0.2, 0.25) is 5.91 Å². The molecule has 0 spiro atoms. The van der Waals surface area contributed by atoms with Crippen molar-refractivity contribution in [2.75, 3.05) is 20.1 Å². The van der Waals surface area contributed by atoms with Gasteiger partial charge in [-0.2, -0.15) is 0 Å². The molecule has 0 aliphatic carbocycles. The molecule has 1 aliphatic rings. The summed E-state index contributed by atoms with van der Waals surface area (Å²) in [6, 6.07) is 7.58. The van der Waals surface area contributed by atoms with Crippen molar-refractivity contribution in [1.82, 2.24) is 10.2 Å². The number of likely N-dealkylation sites (N-methyl/N-ethyl adjacent to an activating group) is 1. The second-order valence-electron chi connectivity index (χ2n) is 4.89. The number of hydrogen-bond acceptors (Lipinski definition) is 4. The monoisotopic (exact) mass is 311 g/mol. The van der Waals surface area contributed by atoms with Crippen LogP contribution in [0.1, 0.15) is 18.4 Å². The maximum atomic E-state index is 11.9. The van der Waals surface area contributed by atoms with Crippen LogP contribution >= 0.6 is 11.6 Å². The molecule has 116 valence electrons. The average molecular weight is 312 g/mol. The highest BCUT2D eigenvalue weighted by Crippen LogP contribution is 2.15. The van der Waals surface area contributed by atoms with Crippen LogP contribution in [0.2, 0.25) is 5.02 Å². The number of amides is 1. The van der Waals surface area contributed by atoms with Gasteiger partial charge in [0, 0.05) is 18.1 Å². The number of nitrogens with zero attached hydrogens (tertiary/aromatic N) is 1. The van der Waals surface area contributed by atoms with E-state index in [1.165, 1.54) is 0 Å². The lowest BCUT2D eigenvalue weighted by Gasteiger charge is -2.18. The first-order valence-corrected chi connectivity index (χ1v) is 7.32. The smallest absolute Gasteiger partial charge is 0.237 e. The molecular formula is C15H22ClN3O2. The van der Waals surface area contributed by atoms with Crippen molar-refractivity contribution < 1.29 is 9.59 Å². The summed E-state index contributed by atoms with van der Waals surface area (Å²) in [6.45, 7) is 1.72. The van der Waals surface area contributed by atoms with Gasteiger partial charge in [0.25, 0.3) is 0 Å². The van der Waals surface area contributed by atoms with Gasteiger partial charge in [-0.05, 0) is 44.1 Å². The minimum atomic E-state index is 0.0438. The van der Waals surface area contributed by atoms with Crippen LogP contribution in [0, 0.1) is 0 Å². The van der Waals surface area contributed by atoms with E-state index in [-0.39, 0.29) is 18.5 Å². The normalized spacial score (nSPS) is 17.8. The Kier molecular flexibility index (Phi) is 7.97. The fourth-order valence-corrected chi connectivity index (χ4v) is 2.28. The van der Waals surface area contributed by atoms with Gasteiger partial charge in [-0.15, -0.1) is 0 Å². The van der Waals surface area contributed by atoms with Crippen LogP contribution < -0.4 is 11.1 Å². The molecule has 1 aromatic carbocycles. The first-order chi connectivity index (χ1) is 10.1. The lowest BCUT2D eigenvalue weighted by Crippen LogP contribution is -2.41. The highest BCUT2D eigenvalue weighted by molar-refractivity contribution is 6.30. The molecule has 1 aliphatic heterocycles. The maximum Gasteiger partial charge on any atom is 0.237 e. The van der Waals surface area contributed by atoms with E-state index in [1.54, 1.807) is 0 Å². The maximum absolute atomic E-state index is 11.9. The van der Waals surface area contributed by atoms with Crippen LogP contribution in [0.3, 0.4) is 0 Å². The van der Waals surface area contributed by atoms with Gasteiger partial charge in [0.1, 0.15) is 6.29 Å². The summed E-state index contributed by atoms with van der Waals surface area (Å²) in [5.41, 5.74) is 5.73. The number of hydrogen-bond donors (Lipinski definition) is 2. The predicted molar refractivity (Wildman–Crippen MR) is 84.1 cm³/mol. The number of benzene rings is 1. The minimum absolute atomic E-state index is 0.0438. The summed E-state index contributed by atoms with van der Waals surface area (Å²) in [4.78, 5) is 23.1.